The quantitative estimate of drug-likeness (QED) is 0.529. The third-order valence-electron chi connectivity index (χ3n) is 3.63. The molecule has 0 saturated carbocycles. The molecule has 3 aromatic heterocycles. The van der Waals surface area contributed by atoms with Crippen LogP contribution in [0.5, 0.6) is 0 Å². The molecule has 0 aliphatic heterocycles. The number of rotatable bonds is 9. The molecule has 132 valence electrons. The highest BCUT2D eigenvalue weighted by Gasteiger charge is 2.10. The molecule has 0 radical (unpaired) electrons. The SMILES string of the molecule is O=C(CCCBr)NCCn1ncc2c(NCc3ccco3)ncnc21. The monoisotopic (exact) mass is 406 g/mol. The Morgan fingerprint density at radius 2 is 2.28 bits per heavy atom. The van der Waals surface area contributed by atoms with E-state index >= 15 is 0 Å². The lowest BCUT2D eigenvalue weighted by molar-refractivity contribution is -0.121. The highest BCUT2D eigenvalue weighted by Crippen LogP contribution is 2.19. The summed E-state index contributed by atoms with van der Waals surface area (Å²) < 4.78 is 7.07. The van der Waals surface area contributed by atoms with E-state index in [1.54, 1.807) is 17.1 Å². The topological polar surface area (TPSA) is 97.9 Å². The zero-order valence-electron chi connectivity index (χ0n) is 13.6. The number of anilines is 1. The summed E-state index contributed by atoms with van der Waals surface area (Å²) in [7, 11) is 0. The van der Waals surface area contributed by atoms with Gasteiger partial charge in [-0.25, -0.2) is 14.6 Å². The summed E-state index contributed by atoms with van der Waals surface area (Å²) in [5.41, 5.74) is 0.728. The molecule has 0 spiro atoms. The van der Waals surface area contributed by atoms with Gasteiger partial charge >= 0.3 is 0 Å². The second-order valence-corrected chi connectivity index (χ2v) is 6.20. The third kappa shape index (κ3) is 4.56. The fourth-order valence-electron chi connectivity index (χ4n) is 2.40. The number of carbonyl (C=O) groups is 1. The van der Waals surface area contributed by atoms with Crippen LogP contribution in [0.4, 0.5) is 5.82 Å². The minimum atomic E-state index is 0.0475. The van der Waals surface area contributed by atoms with Gasteiger partial charge in [-0.15, -0.1) is 0 Å². The molecule has 9 heteroatoms. The van der Waals surface area contributed by atoms with Crippen molar-refractivity contribution in [3.8, 4) is 0 Å². The van der Waals surface area contributed by atoms with Crippen molar-refractivity contribution in [2.24, 2.45) is 0 Å². The van der Waals surface area contributed by atoms with Crippen LogP contribution < -0.4 is 10.6 Å². The Hall–Kier alpha value is -2.42. The first-order valence-corrected chi connectivity index (χ1v) is 9.15. The first kappa shape index (κ1) is 17.4. The van der Waals surface area contributed by atoms with Crippen molar-refractivity contribution < 1.29 is 9.21 Å². The van der Waals surface area contributed by atoms with Crippen LogP contribution in [0.2, 0.25) is 0 Å². The van der Waals surface area contributed by atoms with Gasteiger partial charge in [-0.1, -0.05) is 15.9 Å². The molecule has 25 heavy (non-hydrogen) atoms. The summed E-state index contributed by atoms with van der Waals surface area (Å²) in [4.78, 5) is 20.2. The van der Waals surface area contributed by atoms with Crippen molar-refractivity contribution >= 4 is 38.7 Å². The van der Waals surface area contributed by atoms with E-state index in [0.717, 1.165) is 28.5 Å². The molecule has 0 saturated heterocycles. The lowest BCUT2D eigenvalue weighted by Crippen LogP contribution is -2.27. The molecular formula is C16H19BrN6O2. The summed E-state index contributed by atoms with van der Waals surface area (Å²) in [6, 6.07) is 3.74. The van der Waals surface area contributed by atoms with E-state index < -0.39 is 0 Å². The summed E-state index contributed by atoms with van der Waals surface area (Å²) in [5, 5.41) is 12.1. The predicted molar refractivity (Wildman–Crippen MR) is 97.4 cm³/mol. The van der Waals surface area contributed by atoms with Gasteiger partial charge in [-0.3, -0.25) is 4.79 Å². The van der Waals surface area contributed by atoms with E-state index in [1.165, 1.54) is 6.33 Å². The molecule has 0 unspecified atom stereocenters. The maximum atomic E-state index is 11.6. The average molecular weight is 407 g/mol. The predicted octanol–water partition coefficient (Wildman–Crippen LogP) is 2.32. The fraction of sp³-hybridized carbons (Fsp3) is 0.375. The molecule has 1 amide bonds. The number of hydrogen-bond acceptors (Lipinski definition) is 6. The summed E-state index contributed by atoms with van der Waals surface area (Å²) in [5.74, 6) is 1.57. The molecule has 3 heterocycles. The molecule has 0 bridgehead atoms. The number of aromatic nitrogens is 4. The van der Waals surface area contributed by atoms with Gasteiger partial charge in [0.2, 0.25) is 5.91 Å². The molecule has 2 N–H and O–H groups in total. The molecule has 3 rings (SSSR count). The van der Waals surface area contributed by atoms with Crippen molar-refractivity contribution in [2.45, 2.75) is 25.9 Å². The highest BCUT2D eigenvalue weighted by atomic mass is 79.9. The number of furan rings is 1. The third-order valence-corrected chi connectivity index (χ3v) is 4.19. The van der Waals surface area contributed by atoms with Crippen LogP contribution in [0.3, 0.4) is 0 Å². The molecule has 0 atom stereocenters. The number of fused-ring (bicyclic) bond motifs is 1. The first-order chi connectivity index (χ1) is 12.3. The van der Waals surface area contributed by atoms with Crippen LogP contribution >= 0.6 is 15.9 Å². The molecule has 0 aromatic carbocycles. The number of amides is 1. The van der Waals surface area contributed by atoms with Crippen LogP contribution in [0.25, 0.3) is 11.0 Å². The van der Waals surface area contributed by atoms with Gasteiger partial charge in [0.15, 0.2) is 5.65 Å². The number of hydrogen-bond donors (Lipinski definition) is 2. The van der Waals surface area contributed by atoms with E-state index in [4.69, 9.17) is 4.42 Å². The van der Waals surface area contributed by atoms with Gasteiger partial charge in [0, 0.05) is 18.3 Å². The largest absolute Gasteiger partial charge is 0.467 e. The number of halogens is 1. The normalized spacial score (nSPS) is 10.9. The first-order valence-electron chi connectivity index (χ1n) is 8.03. The van der Waals surface area contributed by atoms with E-state index in [1.807, 2.05) is 12.1 Å². The lowest BCUT2D eigenvalue weighted by atomic mass is 10.3. The summed E-state index contributed by atoms with van der Waals surface area (Å²) in [6.07, 6.45) is 6.21. The maximum Gasteiger partial charge on any atom is 0.220 e. The Labute approximate surface area is 153 Å². The second-order valence-electron chi connectivity index (χ2n) is 5.40. The lowest BCUT2D eigenvalue weighted by Gasteiger charge is -2.07. The van der Waals surface area contributed by atoms with Crippen LogP contribution in [0.1, 0.15) is 18.6 Å². The molecule has 0 fully saturated rings. The second kappa shape index (κ2) is 8.61. The van der Waals surface area contributed by atoms with Crippen molar-refractivity contribution in [3.63, 3.8) is 0 Å². The zero-order chi connectivity index (χ0) is 17.5. The van der Waals surface area contributed by atoms with E-state index in [2.05, 4.69) is 41.6 Å². The summed E-state index contributed by atoms with van der Waals surface area (Å²) >= 11 is 3.32. The van der Waals surface area contributed by atoms with Gasteiger partial charge in [-0.05, 0) is 18.6 Å². The van der Waals surface area contributed by atoms with Crippen molar-refractivity contribution in [2.75, 3.05) is 17.2 Å². The van der Waals surface area contributed by atoms with E-state index in [0.29, 0.717) is 31.9 Å². The van der Waals surface area contributed by atoms with Gasteiger partial charge in [0.05, 0.1) is 30.9 Å². The Bertz CT molecular complexity index is 817. The Balaban J connectivity index is 1.61. The van der Waals surface area contributed by atoms with Crippen molar-refractivity contribution in [1.29, 1.82) is 0 Å². The zero-order valence-corrected chi connectivity index (χ0v) is 15.2. The van der Waals surface area contributed by atoms with Crippen molar-refractivity contribution in [3.05, 3.63) is 36.7 Å². The minimum Gasteiger partial charge on any atom is -0.467 e. The van der Waals surface area contributed by atoms with E-state index in [9.17, 15) is 4.79 Å². The Kier molecular flexibility index (Phi) is 5.99. The van der Waals surface area contributed by atoms with Gasteiger partial charge in [0.25, 0.3) is 0 Å². The van der Waals surface area contributed by atoms with Crippen LogP contribution in [-0.2, 0) is 17.9 Å². The van der Waals surface area contributed by atoms with E-state index in [-0.39, 0.29) is 5.91 Å². The number of carbonyl (C=O) groups excluding carboxylic acids is 1. The number of alkyl halides is 1. The number of nitrogens with zero attached hydrogens (tertiary/aromatic N) is 4. The molecular weight excluding hydrogens is 388 g/mol. The smallest absolute Gasteiger partial charge is 0.220 e. The maximum absolute atomic E-state index is 11.6. The van der Waals surface area contributed by atoms with Crippen LogP contribution in [-0.4, -0.2) is 37.5 Å². The molecule has 0 aliphatic rings. The van der Waals surface area contributed by atoms with Gasteiger partial charge in [0.1, 0.15) is 17.9 Å². The standard InChI is InChI=1S/C16H19BrN6O2/c17-5-1-4-14(24)18-6-7-23-16-13(10-22-23)15(20-11-21-16)19-9-12-3-2-8-25-12/h2-3,8,10-11H,1,4-7,9H2,(H,18,24)(H,19,20,21). The van der Waals surface area contributed by atoms with Gasteiger partial charge < -0.3 is 15.1 Å². The van der Waals surface area contributed by atoms with Crippen LogP contribution in [0, 0.1) is 0 Å². The minimum absolute atomic E-state index is 0.0475. The number of nitrogens with one attached hydrogen (secondary N) is 2. The molecule has 3 aromatic rings. The Morgan fingerprint density at radius 3 is 3.08 bits per heavy atom. The summed E-state index contributed by atoms with van der Waals surface area (Å²) in [6.45, 7) is 1.60. The molecule has 0 aliphatic carbocycles. The average Bonchev–Trinajstić information content (AvgIpc) is 3.28. The molecule has 8 nitrogen and oxygen atoms in total. The Morgan fingerprint density at radius 1 is 1.36 bits per heavy atom. The highest BCUT2D eigenvalue weighted by molar-refractivity contribution is 9.09. The van der Waals surface area contributed by atoms with Gasteiger partial charge in [-0.2, -0.15) is 5.10 Å². The van der Waals surface area contributed by atoms with Crippen molar-refractivity contribution in [1.82, 2.24) is 25.1 Å². The van der Waals surface area contributed by atoms with Crippen LogP contribution in [0.15, 0.2) is 35.3 Å². The fourth-order valence-corrected chi connectivity index (χ4v) is 2.68.